The number of furan rings is 1. The summed E-state index contributed by atoms with van der Waals surface area (Å²) in [4.78, 5) is 15.1. The lowest BCUT2D eigenvalue weighted by molar-refractivity contribution is 0.0649. The Morgan fingerprint density at radius 1 is 1.21 bits per heavy atom. The number of halogens is 1. The number of rotatable bonds is 4. The van der Waals surface area contributed by atoms with Gasteiger partial charge in [0.2, 0.25) is 0 Å². The van der Waals surface area contributed by atoms with Gasteiger partial charge in [-0.3, -0.25) is 4.79 Å². The Labute approximate surface area is 175 Å². The number of hydrogen-bond acceptors (Lipinski definition) is 4. The van der Waals surface area contributed by atoms with Gasteiger partial charge in [-0.15, -0.1) is 0 Å². The summed E-state index contributed by atoms with van der Waals surface area (Å²) in [6.45, 7) is 4.05. The summed E-state index contributed by atoms with van der Waals surface area (Å²) in [5, 5.41) is 1.43. The number of sulfone groups is 1. The quantitative estimate of drug-likeness (QED) is 0.608. The normalized spacial score (nSPS) is 18.2. The van der Waals surface area contributed by atoms with Crippen molar-refractivity contribution in [3.63, 3.8) is 0 Å². The number of nitrogens with zero attached hydrogens (tertiary/aromatic N) is 1. The Kier molecular flexibility index (Phi) is 5.17. The van der Waals surface area contributed by atoms with Gasteiger partial charge in [-0.05, 0) is 43.5 Å². The summed E-state index contributed by atoms with van der Waals surface area (Å²) in [6, 6.07) is 12.7. The van der Waals surface area contributed by atoms with Gasteiger partial charge in [0.25, 0.3) is 5.91 Å². The maximum absolute atomic E-state index is 13.5. The van der Waals surface area contributed by atoms with Gasteiger partial charge in [-0.1, -0.05) is 41.9 Å². The molecule has 1 atom stereocenters. The van der Waals surface area contributed by atoms with Crippen LogP contribution < -0.4 is 0 Å². The fourth-order valence-electron chi connectivity index (χ4n) is 3.87. The zero-order valence-electron chi connectivity index (χ0n) is 16.3. The molecule has 1 aliphatic heterocycles. The van der Waals surface area contributed by atoms with E-state index in [-0.39, 0.29) is 29.7 Å². The van der Waals surface area contributed by atoms with Crippen molar-refractivity contribution in [3.05, 3.63) is 69.9 Å². The molecule has 0 radical (unpaired) electrons. The van der Waals surface area contributed by atoms with E-state index in [1.165, 1.54) is 0 Å². The molecule has 7 heteroatoms. The topological polar surface area (TPSA) is 67.6 Å². The molecule has 0 spiro atoms. The predicted molar refractivity (Wildman–Crippen MR) is 114 cm³/mol. The minimum absolute atomic E-state index is 0.0401. The predicted octanol–water partition coefficient (Wildman–Crippen LogP) is 4.53. The smallest absolute Gasteiger partial charge is 0.290 e. The van der Waals surface area contributed by atoms with E-state index in [0.717, 1.165) is 22.1 Å². The summed E-state index contributed by atoms with van der Waals surface area (Å²) < 4.78 is 30.1. The zero-order chi connectivity index (χ0) is 20.8. The van der Waals surface area contributed by atoms with Crippen LogP contribution in [-0.4, -0.2) is 36.8 Å². The second kappa shape index (κ2) is 7.50. The minimum atomic E-state index is -3.16. The van der Waals surface area contributed by atoms with Gasteiger partial charge in [-0.25, -0.2) is 8.42 Å². The number of amides is 1. The van der Waals surface area contributed by atoms with Crippen LogP contribution in [0.4, 0.5) is 0 Å². The molecular formula is C22H22ClNO4S. The average molecular weight is 432 g/mol. The van der Waals surface area contributed by atoms with Gasteiger partial charge in [-0.2, -0.15) is 0 Å². The molecule has 1 fully saturated rings. The Hall–Kier alpha value is -2.31. The maximum atomic E-state index is 13.5. The van der Waals surface area contributed by atoms with E-state index < -0.39 is 15.9 Å². The van der Waals surface area contributed by atoms with E-state index in [9.17, 15) is 13.2 Å². The van der Waals surface area contributed by atoms with Crippen molar-refractivity contribution in [2.24, 2.45) is 0 Å². The fourth-order valence-corrected chi connectivity index (χ4v) is 5.79. The van der Waals surface area contributed by atoms with Crippen LogP contribution in [0.1, 0.15) is 33.7 Å². The van der Waals surface area contributed by atoms with Crippen molar-refractivity contribution in [2.45, 2.75) is 32.9 Å². The second-order valence-electron chi connectivity index (χ2n) is 7.64. The molecule has 0 saturated carbocycles. The van der Waals surface area contributed by atoms with E-state index in [0.29, 0.717) is 17.0 Å². The first-order chi connectivity index (χ1) is 13.7. The van der Waals surface area contributed by atoms with Gasteiger partial charge >= 0.3 is 0 Å². The lowest BCUT2D eigenvalue weighted by atomic mass is 10.1. The molecule has 1 aliphatic rings. The Morgan fingerprint density at radius 2 is 1.97 bits per heavy atom. The van der Waals surface area contributed by atoms with Crippen LogP contribution in [0.25, 0.3) is 11.0 Å². The molecule has 1 unspecified atom stereocenters. The molecule has 1 aromatic heterocycles. The van der Waals surface area contributed by atoms with E-state index in [2.05, 4.69) is 0 Å². The lowest BCUT2D eigenvalue weighted by Crippen LogP contribution is -2.40. The number of carbonyl (C=O) groups is 1. The van der Waals surface area contributed by atoms with Gasteiger partial charge in [0.15, 0.2) is 15.6 Å². The largest absolute Gasteiger partial charge is 0.451 e. The van der Waals surface area contributed by atoms with Gasteiger partial charge in [0.1, 0.15) is 5.58 Å². The first kappa shape index (κ1) is 20.0. The number of carbonyl (C=O) groups excluding carboxylic acids is 1. The number of hydrogen-bond donors (Lipinski definition) is 0. The highest BCUT2D eigenvalue weighted by atomic mass is 35.5. The number of benzene rings is 2. The standard InChI is InChI=1S/C22H22ClNO4S/c1-14-7-8-18-15(2)21(28-20(18)11-14)22(25)24(17-9-10-29(26,27)13-17)12-16-5-3-4-6-19(16)23/h3-8,11,17H,9-10,12-13H2,1-2H3. The number of fused-ring (bicyclic) bond motifs is 1. The van der Waals surface area contributed by atoms with Crippen molar-refractivity contribution in [1.29, 1.82) is 0 Å². The van der Waals surface area contributed by atoms with Gasteiger partial charge in [0, 0.05) is 28.6 Å². The highest BCUT2D eigenvalue weighted by Gasteiger charge is 2.37. The maximum Gasteiger partial charge on any atom is 0.290 e. The number of aryl methyl sites for hydroxylation is 2. The third-order valence-electron chi connectivity index (χ3n) is 5.50. The van der Waals surface area contributed by atoms with Crippen LogP contribution >= 0.6 is 11.6 Å². The molecule has 2 heterocycles. The van der Waals surface area contributed by atoms with Crippen molar-refractivity contribution in [1.82, 2.24) is 4.90 Å². The first-order valence-corrected chi connectivity index (χ1v) is 11.7. The summed E-state index contributed by atoms with van der Waals surface area (Å²) in [6.07, 6.45) is 0.414. The molecule has 29 heavy (non-hydrogen) atoms. The monoisotopic (exact) mass is 431 g/mol. The molecule has 0 N–H and O–H groups in total. The highest BCUT2D eigenvalue weighted by Crippen LogP contribution is 2.30. The first-order valence-electron chi connectivity index (χ1n) is 9.50. The van der Waals surface area contributed by atoms with Crippen LogP contribution in [0.5, 0.6) is 0 Å². The molecule has 0 bridgehead atoms. The highest BCUT2D eigenvalue weighted by molar-refractivity contribution is 7.91. The molecular weight excluding hydrogens is 410 g/mol. The van der Waals surface area contributed by atoms with Crippen LogP contribution in [0.3, 0.4) is 0 Å². The lowest BCUT2D eigenvalue weighted by Gasteiger charge is -2.28. The summed E-state index contributed by atoms with van der Waals surface area (Å²) in [5.41, 5.74) is 3.23. The second-order valence-corrected chi connectivity index (χ2v) is 10.3. The Balaban J connectivity index is 1.75. The fraction of sp³-hybridized carbons (Fsp3) is 0.318. The van der Waals surface area contributed by atoms with E-state index in [1.54, 1.807) is 11.0 Å². The average Bonchev–Trinajstić information content (AvgIpc) is 3.19. The summed E-state index contributed by atoms with van der Waals surface area (Å²) in [5.74, 6) is -0.00977. The molecule has 1 amide bonds. The summed E-state index contributed by atoms with van der Waals surface area (Å²) >= 11 is 6.32. The Bertz CT molecular complexity index is 1200. The van der Waals surface area contributed by atoms with Crippen LogP contribution in [0.2, 0.25) is 5.02 Å². The van der Waals surface area contributed by atoms with Crippen molar-refractivity contribution in [2.75, 3.05) is 11.5 Å². The minimum Gasteiger partial charge on any atom is -0.451 e. The van der Waals surface area contributed by atoms with Crippen LogP contribution in [0.15, 0.2) is 46.9 Å². The van der Waals surface area contributed by atoms with Gasteiger partial charge in [0.05, 0.1) is 11.5 Å². The molecule has 1 saturated heterocycles. The van der Waals surface area contributed by atoms with E-state index in [4.69, 9.17) is 16.0 Å². The third kappa shape index (κ3) is 3.91. The van der Waals surface area contributed by atoms with Crippen molar-refractivity contribution >= 4 is 38.3 Å². The van der Waals surface area contributed by atoms with Crippen LogP contribution in [-0.2, 0) is 16.4 Å². The zero-order valence-corrected chi connectivity index (χ0v) is 17.9. The van der Waals surface area contributed by atoms with Gasteiger partial charge < -0.3 is 9.32 Å². The van der Waals surface area contributed by atoms with E-state index in [1.807, 2.05) is 50.2 Å². The molecule has 3 aromatic rings. The third-order valence-corrected chi connectivity index (χ3v) is 7.62. The molecule has 0 aliphatic carbocycles. The molecule has 2 aromatic carbocycles. The molecule has 4 rings (SSSR count). The van der Waals surface area contributed by atoms with Crippen LogP contribution in [0, 0.1) is 13.8 Å². The Morgan fingerprint density at radius 3 is 2.66 bits per heavy atom. The summed E-state index contributed by atoms with van der Waals surface area (Å²) in [7, 11) is -3.16. The molecule has 5 nitrogen and oxygen atoms in total. The SMILES string of the molecule is Cc1ccc2c(C)c(C(=O)N(Cc3ccccc3Cl)C3CCS(=O)(=O)C3)oc2c1. The molecule has 152 valence electrons. The van der Waals surface area contributed by atoms with E-state index >= 15 is 0 Å². The van der Waals surface area contributed by atoms with Crippen molar-refractivity contribution in [3.8, 4) is 0 Å². The van der Waals surface area contributed by atoms with Crippen molar-refractivity contribution < 1.29 is 17.6 Å².